The van der Waals surface area contributed by atoms with E-state index in [1.165, 1.54) is 10.9 Å². The zero-order valence-corrected chi connectivity index (χ0v) is 11.0. The van der Waals surface area contributed by atoms with E-state index in [-0.39, 0.29) is 5.69 Å². The van der Waals surface area contributed by atoms with Crippen LogP contribution in [0.15, 0.2) is 36.7 Å². The fourth-order valence-corrected chi connectivity index (χ4v) is 1.85. The van der Waals surface area contributed by atoms with Gasteiger partial charge in [0, 0.05) is 18.1 Å². The quantitative estimate of drug-likeness (QED) is 0.720. The average Bonchev–Trinajstić information content (AvgIpc) is 2.96. The van der Waals surface area contributed by atoms with Crippen molar-refractivity contribution in [2.45, 2.75) is 6.54 Å². The van der Waals surface area contributed by atoms with Crippen molar-refractivity contribution in [2.24, 2.45) is 0 Å². The number of para-hydroxylation sites is 1. The molecule has 0 unspecified atom stereocenters. The van der Waals surface area contributed by atoms with E-state index in [9.17, 15) is 4.79 Å². The molecule has 0 spiro atoms. The van der Waals surface area contributed by atoms with Crippen LogP contribution < -0.4 is 5.32 Å². The van der Waals surface area contributed by atoms with Gasteiger partial charge in [0.2, 0.25) is 5.95 Å². The smallest absolute Gasteiger partial charge is 0.358 e. The molecule has 1 aromatic carbocycles. The number of aromatic carboxylic acids is 1. The number of hydrogen-bond donors (Lipinski definition) is 2. The van der Waals surface area contributed by atoms with Crippen LogP contribution in [0.4, 0.5) is 5.95 Å². The van der Waals surface area contributed by atoms with Crippen molar-refractivity contribution < 1.29 is 9.90 Å². The maximum absolute atomic E-state index is 10.7. The molecule has 0 aliphatic rings. The Balaban J connectivity index is 1.62. The second-order valence-corrected chi connectivity index (χ2v) is 4.35. The highest BCUT2D eigenvalue weighted by atomic mass is 16.4. The van der Waals surface area contributed by atoms with E-state index in [1.54, 1.807) is 6.20 Å². The molecule has 3 rings (SSSR count). The first-order valence-corrected chi connectivity index (χ1v) is 6.31. The molecular formula is C13H12N6O2. The van der Waals surface area contributed by atoms with Crippen LogP contribution in [0.1, 0.15) is 10.5 Å². The van der Waals surface area contributed by atoms with E-state index in [0.717, 1.165) is 10.9 Å². The number of carboxylic acids is 1. The molecule has 0 aliphatic carbocycles. The minimum atomic E-state index is -1.09. The molecule has 2 heterocycles. The average molecular weight is 284 g/mol. The number of carboxylic acid groups (broad SMARTS) is 1. The highest BCUT2D eigenvalue weighted by molar-refractivity contribution is 5.84. The van der Waals surface area contributed by atoms with Gasteiger partial charge in [-0.25, -0.2) is 19.4 Å². The Morgan fingerprint density at radius 2 is 2.19 bits per heavy atom. The van der Waals surface area contributed by atoms with Crippen molar-refractivity contribution in [3.8, 4) is 0 Å². The summed E-state index contributed by atoms with van der Waals surface area (Å²) in [6.07, 6.45) is 3.13. The van der Waals surface area contributed by atoms with E-state index in [2.05, 4.69) is 25.6 Å². The van der Waals surface area contributed by atoms with Crippen molar-refractivity contribution in [1.29, 1.82) is 0 Å². The molecule has 0 bridgehead atoms. The summed E-state index contributed by atoms with van der Waals surface area (Å²) < 4.78 is 1.46. The molecule has 0 fully saturated rings. The number of nitrogens with one attached hydrogen (secondary N) is 1. The molecule has 0 atom stereocenters. The number of fused-ring (bicyclic) bond motifs is 1. The van der Waals surface area contributed by atoms with Gasteiger partial charge in [-0.05, 0) is 6.07 Å². The fraction of sp³-hybridized carbons (Fsp3) is 0.154. The van der Waals surface area contributed by atoms with Crippen molar-refractivity contribution in [1.82, 2.24) is 25.0 Å². The standard InChI is InChI=1S/C13H12N6O2/c20-12(21)11-8-19(18-17-11)6-5-14-13-15-7-9-3-1-2-4-10(9)16-13/h1-4,7-8H,5-6H2,(H,20,21)(H,14,15,16). The third kappa shape index (κ3) is 2.94. The largest absolute Gasteiger partial charge is 0.476 e. The Morgan fingerprint density at radius 1 is 1.33 bits per heavy atom. The predicted molar refractivity (Wildman–Crippen MR) is 75.0 cm³/mol. The van der Waals surface area contributed by atoms with Gasteiger partial charge in [0.1, 0.15) is 0 Å². The zero-order chi connectivity index (χ0) is 14.7. The first kappa shape index (κ1) is 13.0. The molecule has 0 radical (unpaired) electrons. The van der Waals surface area contributed by atoms with Crippen LogP contribution in [0.5, 0.6) is 0 Å². The number of anilines is 1. The van der Waals surface area contributed by atoms with Crippen LogP contribution in [0.25, 0.3) is 10.9 Å². The second kappa shape index (κ2) is 5.53. The highest BCUT2D eigenvalue weighted by Crippen LogP contribution is 2.11. The van der Waals surface area contributed by atoms with Crippen molar-refractivity contribution in [2.75, 3.05) is 11.9 Å². The number of hydrogen-bond acceptors (Lipinski definition) is 6. The number of carbonyl (C=O) groups is 1. The van der Waals surface area contributed by atoms with Crippen LogP contribution in [-0.2, 0) is 6.54 Å². The summed E-state index contributed by atoms with van der Waals surface area (Å²) in [5.41, 5.74) is 0.792. The Kier molecular flexibility index (Phi) is 3.42. The summed E-state index contributed by atoms with van der Waals surface area (Å²) >= 11 is 0. The van der Waals surface area contributed by atoms with Crippen molar-refractivity contribution in [3.05, 3.63) is 42.4 Å². The zero-order valence-electron chi connectivity index (χ0n) is 11.0. The Morgan fingerprint density at radius 3 is 3.00 bits per heavy atom. The molecule has 8 nitrogen and oxygen atoms in total. The van der Waals surface area contributed by atoms with Gasteiger partial charge in [0.15, 0.2) is 5.69 Å². The summed E-state index contributed by atoms with van der Waals surface area (Å²) in [6, 6.07) is 7.71. The van der Waals surface area contributed by atoms with Crippen LogP contribution in [0, 0.1) is 0 Å². The van der Waals surface area contributed by atoms with Gasteiger partial charge in [0.05, 0.1) is 18.3 Å². The van der Waals surface area contributed by atoms with Crippen LogP contribution in [-0.4, -0.2) is 42.6 Å². The first-order valence-electron chi connectivity index (χ1n) is 6.31. The van der Waals surface area contributed by atoms with Gasteiger partial charge in [0.25, 0.3) is 0 Å². The molecule has 0 aliphatic heterocycles. The normalized spacial score (nSPS) is 10.7. The third-order valence-corrected chi connectivity index (χ3v) is 2.87. The van der Waals surface area contributed by atoms with Gasteiger partial charge >= 0.3 is 5.97 Å². The van der Waals surface area contributed by atoms with E-state index >= 15 is 0 Å². The highest BCUT2D eigenvalue weighted by Gasteiger charge is 2.07. The maximum atomic E-state index is 10.7. The maximum Gasteiger partial charge on any atom is 0.358 e. The number of rotatable bonds is 5. The summed E-state index contributed by atoms with van der Waals surface area (Å²) in [4.78, 5) is 19.3. The lowest BCUT2D eigenvalue weighted by molar-refractivity contribution is 0.0690. The van der Waals surface area contributed by atoms with Crippen molar-refractivity contribution in [3.63, 3.8) is 0 Å². The molecule has 0 saturated carbocycles. The first-order chi connectivity index (χ1) is 10.2. The van der Waals surface area contributed by atoms with Gasteiger partial charge in [-0.1, -0.05) is 23.4 Å². The summed E-state index contributed by atoms with van der Waals surface area (Å²) in [6.45, 7) is 0.983. The third-order valence-electron chi connectivity index (χ3n) is 2.87. The van der Waals surface area contributed by atoms with Gasteiger partial charge in [-0.15, -0.1) is 5.10 Å². The lowest BCUT2D eigenvalue weighted by atomic mass is 10.2. The van der Waals surface area contributed by atoms with E-state index in [4.69, 9.17) is 5.11 Å². The number of benzene rings is 1. The Labute approximate surface area is 119 Å². The molecule has 0 saturated heterocycles. The summed E-state index contributed by atoms with van der Waals surface area (Å²) in [7, 11) is 0. The minimum absolute atomic E-state index is 0.0723. The predicted octanol–water partition coefficient (Wildman–Crippen LogP) is 1.03. The van der Waals surface area contributed by atoms with Gasteiger partial charge in [-0.2, -0.15) is 0 Å². The van der Waals surface area contributed by atoms with Crippen molar-refractivity contribution >= 4 is 22.8 Å². The Hall–Kier alpha value is -3.03. The second-order valence-electron chi connectivity index (χ2n) is 4.35. The summed E-state index contributed by atoms with van der Waals surface area (Å²) in [5, 5.41) is 20.1. The number of aromatic nitrogens is 5. The molecule has 8 heteroatoms. The number of nitrogens with zero attached hydrogens (tertiary/aromatic N) is 5. The minimum Gasteiger partial charge on any atom is -0.476 e. The monoisotopic (exact) mass is 284 g/mol. The SMILES string of the molecule is O=C(O)c1cn(CCNc2ncc3ccccc3n2)nn1. The molecular weight excluding hydrogens is 272 g/mol. The molecule has 106 valence electrons. The summed E-state index contributed by atoms with van der Waals surface area (Å²) in [5.74, 6) is -0.570. The van der Waals surface area contributed by atoms with E-state index in [0.29, 0.717) is 19.0 Å². The van der Waals surface area contributed by atoms with E-state index in [1.807, 2.05) is 24.3 Å². The van der Waals surface area contributed by atoms with Crippen LogP contribution >= 0.6 is 0 Å². The molecule has 2 aromatic heterocycles. The van der Waals surface area contributed by atoms with E-state index < -0.39 is 5.97 Å². The topological polar surface area (TPSA) is 106 Å². The van der Waals surface area contributed by atoms with Gasteiger partial charge in [-0.3, -0.25) is 0 Å². The fourth-order valence-electron chi connectivity index (χ4n) is 1.85. The molecule has 21 heavy (non-hydrogen) atoms. The van der Waals surface area contributed by atoms with Crippen LogP contribution in [0.3, 0.4) is 0 Å². The molecule has 0 amide bonds. The lowest BCUT2D eigenvalue weighted by Gasteiger charge is -2.05. The van der Waals surface area contributed by atoms with Gasteiger partial charge < -0.3 is 10.4 Å². The lowest BCUT2D eigenvalue weighted by Crippen LogP contribution is -2.12. The van der Waals surface area contributed by atoms with Crippen LogP contribution in [0.2, 0.25) is 0 Å². The molecule has 2 N–H and O–H groups in total. The molecule has 3 aromatic rings. The Bertz CT molecular complexity index is 785.